The van der Waals surface area contributed by atoms with Crippen molar-refractivity contribution in [2.75, 3.05) is 26.7 Å². The Balaban J connectivity index is 1.42. The first-order valence-corrected chi connectivity index (χ1v) is 15.1. The number of carboxylic acids is 1. The van der Waals surface area contributed by atoms with Crippen LogP contribution in [0.3, 0.4) is 0 Å². The molecule has 1 saturated carbocycles. The molecular formula is C37H38N2O4. The number of carbonyl (C=O) groups is 2. The quantitative estimate of drug-likeness (QED) is 0.259. The highest BCUT2D eigenvalue weighted by molar-refractivity contribution is 5.89. The lowest BCUT2D eigenvalue weighted by Gasteiger charge is -2.45. The Labute approximate surface area is 253 Å². The van der Waals surface area contributed by atoms with Gasteiger partial charge in [-0.15, -0.1) is 0 Å². The van der Waals surface area contributed by atoms with Gasteiger partial charge >= 0.3 is 5.97 Å². The maximum atomic E-state index is 13.6. The highest BCUT2D eigenvalue weighted by Crippen LogP contribution is 2.52. The predicted octanol–water partition coefficient (Wildman–Crippen LogP) is 6.12. The minimum atomic E-state index is -1.10. The predicted molar refractivity (Wildman–Crippen MR) is 168 cm³/mol. The normalized spacial score (nSPS) is 24.5. The molecule has 3 aliphatic rings. The van der Waals surface area contributed by atoms with Crippen LogP contribution in [-0.4, -0.2) is 54.3 Å². The molecular weight excluding hydrogens is 536 g/mol. The second-order valence-corrected chi connectivity index (χ2v) is 12.0. The van der Waals surface area contributed by atoms with Crippen LogP contribution in [0.4, 0.5) is 0 Å². The van der Waals surface area contributed by atoms with Crippen molar-refractivity contribution in [1.82, 2.24) is 4.90 Å². The minimum absolute atomic E-state index is 0.0485. The third kappa shape index (κ3) is 5.31. The van der Waals surface area contributed by atoms with E-state index in [1.165, 1.54) is 11.1 Å². The third-order valence-electron chi connectivity index (χ3n) is 9.73. The summed E-state index contributed by atoms with van der Waals surface area (Å²) >= 11 is 0. The van der Waals surface area contributed by atoms with E-state index < -0.39 is 11.4 Å². The first-order chi connectivity index (χ1) is 21.0. The van der Waals surface area contributed by atoms with Gasteiger partial charge in [-0.25, -0.2) is 0 Å². The molecule has 6 heteroatoms. The lowest BCUT2D eigenvalue weighted by molar-refractivity contribution is -0.145. The van der Waals surface area contributed by atoms with E-state index in [1.54, 1.807) is 19.3 Å². The molecule has 1 heterocycles. The summed E-state index contributed by atoms with van der Waals surface area (Å²) in [6.07, 6.45) is 9.47. The molecule has 1 saturated heterocycles. The Morgan fingerprint density at radius 1 is 0.953 bits per heavy atom. The average Bonchev–Trinajstić information content (AvgIpc) is 3.52. The zero-order valence-electron chi connectivity index (χ0n) is 24.6. The largest absolute Gasteiger partial charge is 0.496 e. The van der Waals surface area contributed by atoms with Crippen molar-refractivity contribution in [3.05, 3.63) is 126 Å². The van der Waals surface area contributed by atoms with Crippen LogP contribution in [0.5, 0.6) is 5.75 Å². The Hall–Kier alpha value is -4.45. The van der Waals surface area contributed by atoms with Gasteiger partial charge < -0.3 is 14.7 Å². The van der Waals surface area contributed by atoms with Gasteiger partial charge in [0.2, 0.25) is 0 Å². The van der Waals surface area contributed by atoms with Crippen LogP contribution in [0.2, 0.25) is 0 Å². The Bertz CT molecular complexity index is 1520. The van der Waals surface area contributed by atoms with E-state index in [4.69, 9.17) is 9.73 Å². The number of carbonyl (C=O) groups excluding carboxylic acids is 1. The fourth-order valence-corrected chi connectivity index (χ4v) is 7.41. The summed E-state index contributed by atoms with van der Waals surface area (Å²) < 4.78 is 5.68. The molecule has 2 aliphatic carbocycles. The number of rotatable bonds is 8. The molecule has 6 rings (SSSR count). The summed E-state index contributed by atoms with van der Waals surface area (Å²) in [6.45, 7) is 1.34. The van der Waals surface area contributed by atoms with Crippen LogP contribution in [-0.2, 0) is 21.4 Å². The number of ketones is 1. The SMILES string of the molecule is COc1ccccc1CC(=NC[C@@]1(C(=O)O)C=CC=CC1)N1CC2C(=O)CCC(c3ccccc3)(c3ccccc3)C2C1. The van der Waals surface area contributed by atoms with Crippen LogP contribution < -0.4 is 4.74 Å². The number of aliphatic imine (C=N–C) groups is 1. The molecule has 3 aromatic rings. The molecule has 2 fully saturated rings. The summed E-state index contributed by atoms with van der Waals surface area (Å²) in [7, 11) is 1.66. The lowest BCUT2D eigenvalue weighted by atomic mass is 9.56. The van der Waals surface area contributed by atoms with Crippen LogP contribution in [0, 0.1) is 17.3 Å². The molecule has 6 nitrogen and oxygen atoms in total. The summed E-state index contributed by atoms with van der Waals surface area (Å²) in [6, 6.07) is 29.1. The maximum Gasteiger partial charge on any atom is 0.315 e. The molecule has 2 unspecified atom stereocenters. The van der Waals surface area contributed by atoms with Crippen molar-refractivity contribution >= 4 is 17.6 Å². The van der Waals surface area contributed by atoms with E-state index in [9.17, 15) is 14.7 Å². The van der Waals surface area contributed by atoms with Gasteiger partial charge in [0.15, 0.2) is 0 Å². The van der Waals surface area contributed by atoms with Gasteiger partial charge in [-0.1, -0.05) is 103 Å². The summed E-state index contributed by atoms with van der Waals surface area (Å²) in [5, 5.41) is 10.2. The van der Waals surface area contributed by atoms with E-state index in [2.05, 4.69) is 53.4 Å². The number of Topliss-reactive ketones (excluding diaryl/α,β-unsaturated/α-hetero) is 1. The zero-order valence-corrected chi connectivity index (χ0v) is 24.6. The van der Waals surface area contributed by atoms with Crippen molar-refractivity contribution in [2.24, 2.45) is 22.2 Å². The Morgan fingerprint density at radius 3 is 2.26 bits per heavy atom. The van der Waals surface area contributed by atoms with Crippen molar-refractivity contribution in [2.45, 2.75) is 31.1 Å². The number of likely N-dealkylation sites (tertiary alicyclic amines) is 1. The average molecular weight is 575 g/mol. The number of amidine groups is 1. The number of ether oxygens (including phenoxy) is 1. The number of methoxy groups -OCH3 is 1. The van der Waals surface area contributed by atoms with Crippen LogP contribution in [0.25, 0.3) is 0 Å². The van der Waals surface area contributed by atoms with E-state index in [0.717, 1.165) is 23.6 Å². The molecule has 220 valence electrons. The van der Waals surface area contributed by atoms with E-state index >= 15 is 0 Å². The number of carboxylic acid groups (broad SMARTS) is 1. The number of aliphatic carboxylic acids is 1. The van der Waals surface area contributed by atoms with Gasteiger partial charge in [0.05, 0.1) is 13.7 Å². The molecule has 3 atom stereocenters. The van der Waals surface area contributed by atoms with Gasteiger partial charge in [0, 0.05) is 48.7 Å². The highest BCUT2D eigenvalue weighted by atomic mass is 16.5. The maximum absolute atomic E-state index is 13.6. The molecule has 1 aliphatic heterocycles. The zero-order chi connectivity index (χ0) is 29.9. The van der Waals surface area contributed by atoms with Crippen molar-refractivity contribution in [3.63, 3.8) is 0 Å². The van der Waals surface area contributed by atoms with Gasteiger partial charge in [0.25, 0.3) is 0 Å². The van der Waals surface area contributed by atoms with Crippen LogP contribution in [0.15, 0.2) is 114 Å². The first kappa shape index (κ1) is 28.7. The number of fused-ring (bicyclic) bond motifs is 1. The summed E-state index contributed by atoms with van der Waals surface area (Å²) in [5.74, 6) is 0.875. The topological polar surface area (TPSA) is 79.2 Å². The van der Waals surface area contributed by atoms with Crippen molar-refractivity contribution in [3.8, 4) is 5.75 Å². The van der Waals surface area contributed by atoms with Crippen LogP contribution in [0.1, 0.15) is 36.0 Å². The first-order valence-electron chi connectivity index (χ1n) is 15.1. The van der Waals surface area contributed by atoms with Gasteiger partial charge in [-0.05, 0) is 30.0 Å². The molecule has 0 aromatic heterocycles. The van der Waals surface area contributed by atoms with Crippen LogP contribution >= 0.6 is 0 Å². The number of allylic oxidation sites excluding steroid dienone is 3. The second-order valence-electron chi connectivity index (χ2n) is 12.0. The Kier molecular flexibility index (Phi) is 8.02. The van der Waals surface area contributed by atoms with Gasteiger partial charge in [-0.3, -0.25) is 14.6 Å². The van der Waals surface area contributed by atoms with Crippen molar-refractivity contribution < 1.29 is 19.4 Å². The second kappa shape index (κ2) is 12.0. The molecule has 0 amide bonds. The van der Waals surface area contributed by atoms with Gasteiger partial charge in [-0.2, -0.15) is 0 Å². The third-order valence-corrected chi connectivity index (χ3v) is 9.73. The Morgan fingerprint density at radius 2 is 1.63 bits per heavy atom. The fraction of sp³-hybridized carbons (Fsp3) is 0.324. The highest BCUT2D eigenvalue weighted by Gasteiger charge is 2.55. The molecule has 0 spiro atoms. The number of benzene rings is 3. The monoisotopic (exact) mass is 574 g/mol. The minimum Gasteiger partial charge on any atom is -0.496 e. The van der Waals surface area contributed by atoms with E-state index in [1.807, 2.05) is 48.6 Å². The molecule has 3 aromatic carbocycles. The van der Waals surface area contributed by atoms with E-state index in [-0.39, 0.29) is 23.8 Å². The number of hydrogen-bond donors (Lipinski definition) is 1. The standard InChI is InChI=1S/C37H38N2O4/c1-43-33-18-10-9-13-27(33)23-34(38-26-36(35(41)42)20-11-4-12-21-36)39-24-30-31(25-39)37(22-19-32(30)40,28-14-5-2-6-15-28)29-16-7-3-8-17-29/h2-18,20,30-31H,19,21-26H2,1H3,(H,41,42)/t30?,31?,36-/m1/s1. The number of hydrogen-bond acceptors (Lipinski definition) is 4. The number of nitrogens with zero attached hydrogens (tertiary/aromatic N) is 2. The fourth-order valence-electron chi connectivity index (χ4n) is 7.41. The molecule has 1 N–H and O–H groups in total. The van der Waals surface area contributed by atoms with Gasteiger partial charge in [0.1, 0.15) is 22.8 Å². The summed E-state index contributed by atoms with van der Waals surface area (Å²) in [4.78, 5) is 33.4. The smallest absolute Gasteiger partial charge is 0.315 e. The van der Waals surface area contributed by atoms with Crippen molar-refractivity contribution in [1.29, 1.82) is 0 Å². The molecule has 0 bridgehead atoms. The lowest BCUT2D eigenvalue weighted by Crippen LogP contribution is -2.47. The molecule has 0 radical (unpaired) electrons. The number of para-hydroxylation sites is 1. The molecule has 43 heavy (non-hydrogen) atoms. The van der Waals surface area contributed by atoms with E-state index in [0.29, 0.717) is 38.1 Å². The summed E-state index contributed by atoms with van der Waals surface area (Å²) in [5.41, 5.74) is 2.03.